The van der Waals surface area contributed by atoms with Crippen LogP contribution in [0.2, 0.25) is 0 Å². The summed E-state index contributed by atoms with van der Waals surface area (Å²) in [7, 11) is 0. The van der Waals surface area contributed by atoms with E-state index in [1.165, 1.54) is 12.2 Å². The summed E-state index contributed by atoms with van der Waals surface area (Å²) >= 11 is 0. The number of ether oxygens (including phenoxy) is 1. The number of aliphatic hydroxyl groups is 4. The van der Waals surface area contributed by atoms with Crippen LogP contribution in [-0.4, -0.2) is 56.9 Å². The van der Waals surface area contributed by atoms with E-state index in [-0.39, 0.29) is 19.3 Å². The van der Waals surface area contributed by atoms with Crippen molar-refractivity contribution in [1.29, 1.82) is 0 Å². The summed E-state index contributed by atoms with van der Waals surface area (Å²) in [5.41, 5.74) is 0. The summed E-state index contributed by atoms with van der Waals surface area (Å²) in [4.78, 5) is 12.0. The molecule has 0 aromatic carbocycles. The minimum absolute atomic E-state index is 0.178. The fourth-order valence-corrected chi connectivity index (χ4v) is 2.84. The number of carbonyl (C=O) groups excluding carboxylic acids is 1. The lowest BCUT2D eigenvalue weighted by atomic mass is 10.1. The topological polar surface area (TPSA) is 107 Å². The number of cyclic esters (lactones) is 1. The zero-order valence-electron chi connectivity index (χ0n) is 17.5. The lowest BCUT2D eigenvalue weighted by molar-refractivity contribution is -0.145. The van der Waals surface area contributed by atoms with Crippen LogP contribution in [-0.2, 0) is 9.53 Å². The first-order valence-corrected chi connectivity index (χ1v) is 10.3. The highest BCUT2D eigenvalue weighted by Gasteiger charge is 2.18. The summed E-state index contributed by atoms with van der Waals surface area (Å²) in [6, 6.07) is 0. The minimum Gasteiger partial charge on any atom is -0.459 e. The van der Waals surface area contributed by atoms with Crippen molar-refractivity contribution in [3.8, 4) is 0 Å². The zero-order valence-corrected chi connectivity index (χ0v) is 17.5. The second-order valence-corrected chi connectivity index (χ2v) is 7.33. The van der Waals surface area contributed by atoms with Gasteiger partial charge in [0.05, 0.1) is 24.4 Å². The molecular weight excluding hydrogens is 384 g/mol. The van der Waals surface area contributed by atoms with Gasteiger partial charge in [-0.05, 0) is 26.2 Å². The molecule has 0 aliphatic carbocycles. The Hall–Kier alpha value is -2.25. The van der Waals surface area contributed by atoms with Crippen LogP contribution in [0.5, 0.6) is 0 Å². The number of hydrogen-bond acceptors (Lipinski definition) is 6. The van der Waals surface area contributed by atoms with E-state index in [1.807, 2.05) is 6.08 Å². The van der Waals surface area contributed by atoms with Crippen LogP contribution in [0.4, 0.5) is 0 Å². The van der Waals surface area contributed by atoms with Crippen LogP contribution in [0.15, 0.2) is 72.9 Å². The van der Waals surface area contributed by atoms with E-state index in [4.69, 9.17) is 4.74 Å². The Labute approximate surface area is 178 Å². The molecule has 6 nitrogen and oxygen atoms in total. The molecule has 6 heteroatoms. The van der Waals surface area contributed by atoms with Gasteiger partial charge in [0.2, 0.25) is 0 Å². The second kappa shape index (κ2) is 15.6. The normalized spacial score (nSPS) is 34.9. The third-order valence-corrected chi connectivity index (χ3v) is 4.26. The maximum Gasteiger partial charge on any atom is 0.331 e. The van der Waals surface area contributed by atoms with E-state index in [0.717, 1.165) is 0 Å². The first kappa shape index (κ1) is 25.8. The molecule has 1 aliphatic heterocycles. The number of aliphatic hydroxyl groups excluding tert-OH is 4. The highest BCUT2D eigenvalue weighted by Crippen LogP contribution is 2.12. The molecule has 0 radical (unpaired) electrons. The van der Waals surface area contributed by atoms with Crippen molar-refractivity contribution in [3.05, 3.63) is 72.9 Å². The average molecular weight is 419 g/mol. The number of allylic oxidation sites excluding steroid dienone is 8. The molecule has 0 amide bonds. The first-order valence-electron chi connectivity index (χ1n) is 10.3. The molecule has 0 saturated carbocycles. The van der Waals surface area contributed by atoms with E-state index in [2.05, 4.69) is 0 Å². The smallest absolute Gasteiger partial charge is 0.331 e. The summed E-state index contributed by atoms with van der Waals surface area (Å²) in [6.45, 7) is 1.60. The number of rotatable bonds is 2. The molecule has 0 bridgehead atoms. The Kier molecular flexibility index (Phi) is 13.4. The molecule has 0 saturated heterocycles. The van der Waals surface area contributed by atoms with Crippen LogP contribution < -0.4 is 0 Å². The predicted octanol–water partition coefficient (Wildman–Crippen LogP) is 2.66. The third-order valence-electron chi connectivity index (χ3n) is 4.26. The predicted molar refractivity (Wildman–Crippen MR) is 118 cm³/mol. The van der Waals surface area contributed by atoms with Gasteiger partial charge >= 0.3 is 5.97 Å². The van der Waals surface area contributed by atoms with Crippen molar-refractivity contribution in [1.82, 2.24) is 0 Å². The molecular formula is C24H34O6. The van der Waals surface area contributed by atoms with E-state index < -0.39 is 36.5 Å². The quantitative estimate of drug-likeness (QED) is 0.514. The molecule has 4 N–H and O–H groups in total. The van der Waals surface area contributed by atoms with Gasteiger partial charge in [-0.2, -0.15) is 0 Å². The SMILES string of the molecule is C[C@@H](O)CC1C[C@H](O)/C=C/C=C/C=C/C[C@H](O)C[C@H](O)C/C=C/C=C/C=C/C(=O)O1. The van der Waals surface area contributed by atoms with Gasteiger partial charge in [0.1, 0.15) is 6.10 Å². The molecule has 0 fully saturated rings. The average Bonchev–Trinajstić information content (AvgIpc) is 2.65. The van der Waals surface area contributed by atoms with Crippen LogP contribution in [0.1, 0.15) is 39.0 Å². The van der Waals surface area contributed by atoms with Crippen LogP contribution in [0.25, 0.3) is 0 Å². The summed E-state index contributed by atoms with van der Waals surface area (Å²) in [6.07, 6.45) is 18.3. The number of carbonyl (C=O) groups is 1. The van der Waals surface area contributed by atoms with Gasteiger partial charge in [0.15, 0.2) is 0 Å². The molecule has 1 heterocycles. The third kappa shape index (κ3) is 13.8. The summed E-state index contributed by atoms with van der Waals surface area (Å²) in [5, 5.41) is 39.7. The fraction of sp³-hybridized carbons (Fsp3) is 0.458. The maximum atomic E-state index is 12.0. The highest BCUT2D eigenvalue weighted by atomic mass is 16.5. The summed E-state index contributed by atoms with van der Waals surface area (Å²) in [5.74, 6) is -0.554. The second-order valence-electron chi connectivity index (χ2n) is 7.33. The lowest BCUT2D eigenvalue weighted by Crippen LogP contribution is -2.26. The lowest BCUT2D eigenvalue weighted by Gasteiger charge is -2.20. The van der Waals surface area contributed by atoms with Crippen molar-refractivity contribution in [2.24, 2.45) is 0 Å². The van der Waals surface area contributed by atoms with Gasteiger partial charge in [0.25, 0.3) is 0 Å². The monoisotopic (exact) mass is 418 g/mol. The Balaban J connectivity index is 2.84. The summed E-state index contributed by atoms with van der Waals surface area (Å²) < 4.78 is 5.35. The number of hydrogen-bond donors (Lipinski definition) is 4. The molecule has 0 spiro atoms. The minimum atomic E-state index is -0.828. The molecule has 1 rings (SSSR count). The van der Waals surface area contributed by atoms with Gasteiger partial charge in [-0.3, -0.25) is 0 Å². The zero-order chi connectivity index (χ0) is 22.2. The molecule has 1 unspecified atom stereocenters. The van der Waals surface area contributed by atoms with Crippen LogP contribution >= 0.6 is 0 Å². The standard InChI is InChI=1S/C24H34O6/c1-19(25)16-23-18-22(28)14-10-5-2-4-8-12-20(26)17-21(27)13-9-6-3-7-11-15-24(29)30-23/h2-11,14-15,19-23,25-28H,12-13,16-18H2,1H3/b5-2+,7-3+,8-4+,9-6+,14-10+,15-11+/t19-,20+,21-,22-,23?/m1/s1. The van der Waals surface area contributed by atoms with E-state index in [0.29, 0.717) is 12.8 Å². The van der Waals surface area contributed by atoms with E-state index >= 15 is 0 Å². The van der Waals surface area contributed by atoms with Gasteiger partial charge in [0, 0.05) is 18.9 Å². The molecule has 166 valence electrons. The Morgan fingerprint density at radius 3 is 2.07 bits per heavy atom. The Morgan fingerprint density at radius 2 is 1.47 bits per heavy atom. The van der Waals surface area contributed by atoms with Crippen LogP contribution in [0.3, 0.4) is 0 Å². The largest absolute Gasteiger partial charge is 0.459 e. The molecule has 30 heavy (non-hydrogen) atoms. The fourth-order valence-electron chi connectivity index (χ4n) is 2.84. The van der Waals surface area contributed by atoms with E-state index in [1.54, 1.807) is 61.6 Å². The first-order chi connectivity index (χ1) is 14.4. The van der Waals surface area contributed by atoms with Crippen molar-refractivity contribution >= 4 is 5.97 Å². The Bertz CT molecular complexity index is 657. The molecule has 1 aliphatic rings. The van der Waals surface area contributed by atoms with Gasteiger partial charge in [-0.15, -0.1) is 0 Å². The van der Waals surface area contributed by atoms with E-state index in [9.17, 15) is 25.2 Å². The van der Waals surface area contributed by atoms with Crippen molar-refractivity contribution in [2.45, 2.75) is 69.5 Å². The molecule has 0 aromatic rings. The molecule has 5 atom stereocenters. The van der Waals surface area contributed by atoms with Gasteiger partial charge in [-0.1, -0.05) is 66.8 Å². The van der Waals surface area contributed by atoms with Crippen molar-refractivity contribution < 1.29 is 30.0 Å². The molecule has 0 aromatic heterocycles. The van der Waals surface area contributed by atoms with Crippen molar-refractivity contribution in [3.63, 3.8) is 0 Å². The maximum absolute atomic E-state index is 12.0. The highest BCUT2D eigenvalue weighted by molar-refractivity contribution is 5.82. The van der Waals surface area contributed by atoms with Crippen LogP contribution in [0, 0.1) is 0 Å². The number of esters is 1. The van der Waals surface area contributed by atoms with Gasteiger partial charge < -0.3 is 25.2 Å². The van der Waals surface area contributed by atoms with Gasteiger partial charge in [-0.25, -0.2) is 4.79 Å². The Morgan fingerprint density at radius 1 is 0.900 bits per heavy atom. The van der Waals surface area contributed by atoms with Crippen molar-refractivity contribution in [2.75, 3.05) is 0 Å².